The van der Waals surface area contributed by atoms with Gasteiger partial charge in [-0.15, -0.1) is 0 Å². The molecule has 0 heterocycles. The fourth-order valence-corrected chi connectivity index (χ4v) is 2.63. The molecular weight excluding hydrogens is 264 g/mol. The fourth-order valence-electron chi connectivity index (χ4n) is 1.59. The first-order valence-electron chi connectivity index (χ1n) is 5.96. The molecule has 0 N–H and O–H groups in total. The van der Waals surface area contributed by atoms with Crippen molar-refractivity contribution >= 4 is 23.7 Å². The molecule has 0 aromatic heterocycles. The highest BCUT2D eigenvalue weighted by molar-refractivity contribution is 7.99. The van der Waals surface area contributed by atoms with Crippen LogP contribution in [0.3, 0.4) is 0 Å². The van der Waals surface area contributed by atoms with E-state index in [1.165, 1.54) is 14.2 Å². The summed E-state index contributed by atoms with van der Waals surface area (Å²) in [7, 11) is 2.76. The van der Waals surface area contributed by atoms with E-state index in [1.807, 2.05) is 30.3 Å². The lowest BCUT2D eigenvalue weighted by Gasteiger charge is -2.14. The van der Waals surface area contributed by atoms with Crippen LogP contribution in [0.2, 0.25) is 0 Å². The number of hydrogen-bond acceptors (Lipinski definition) is 5. The third-order valence-electron chi connectivity index (χ3n) is 2.65. The summed E-state index contributed by atoms with van der Waals surface area (Å²) >= 11 is 1.54. The smallest absolute Gasteiger partial charge is 0.313 e. The highest BCUT2D eigenvalue weighted by Crippen LogP contribution is 2.22. The Morgan fingerprint density at radius 2 is 1.84 bits per heavy atom. The quantitative estimate of drug-likeness (QED) is 0.567. The van der Waals surface area contributed by atoms with Gasteiger partial charge in [0, 0.05) is 11.5 Å². The van der Waals surface area contributed by atoms with Crippen molar-refractivity contribution in [2.24, 2.45) is 0 Å². The number of carbonyl (C=O) groups is 2. The van der Waals surface area contributed by atoms with Gasteiger partial charge in [0.2, 0.25) is 0 Å². The number of benzene rings is 1. The predicted molar refractivity (Wildman–Crippen MR) is 75.2 cm³/mol. The first kappa shape index (κ1) is 15.6. The first-order chi connectivity index (χ1) is 9.19. The van der Waals surface area contributed by atoms with Gasteiger partial charge in [-0.3, -0.25) is 9.59 Å². The van der Waals surface area contributed by atoms with Crippen LogP contribution in [0, 0.1) is 0 Å². The fraction of sp³-hybridized carbons (Fsp3) is 0.429. The van der Waals surface area contributed by atoms with E-state index in [9.17, 15) is 9.59 Å². The standard InChI is InChI=1S/C14H18O4S/c1-17-13(15)8-9-19-10-12(14(16)18-2)11-6-4-3-5-7-11/h3-7,12H,8-10H2,1-2H3. The number of methoxy groups -OCH3 is 2. The van der Waals surface area contributed by atoms with Gasteiger partial charge in [-0.1, -0.05) is 30.3 Å². The van der Waals surface area contributed by atoms with Crippen LogP contribution >= 0.6 is 11.8 Å². The molecule has 0 aliphatic heterocycles. The van der Waals surface area contributed by atoms with Gasteiger partial charge < -0.3 is 9.47 Å². The Kier molecular flexibility index (Phi) is 7.03. The zero-order valence-electron chi connectivity index (χ0n) is 11.1. The van der Waals surface area contributed by atoms with Gasteiger partial charge in [0.15, 0.2) is 0 Å². The third-order valence-corrected chi connectivity index (χ3v) is 3.71. The van der Waals surface area contributed by atoms with E-state index in [4.69, 9.17) is 4.74 Å². The number of thioether (sulfide) groups is 1. The van der Waals surface area contributed by atoms with Gasteiger partial charge in [-0.2, -0.15) is 11.8 Å². The molecule has 1 aromatic rings. The van der Waals surface area contributed by atoms with Crippen LogP contribution in [0.4, 0.5) is 0 Å². The summed E-state index contributed by atoms with van der Waals surface area (Å²) < 4.78 is 9.39. The lowest BCUT2D eigenvalue weighted by atomic mass is 10.0. The van der Waals surface area contributed by atoms with Crippen LogP contribution in [0.1, 0.15) is 17.9 Å². The largest absolute Gasteiger partial charge is 0.469 e. The Labute approximate surface area is 117 Å². The lowest BCUT2D eigenvalue weighted by molar-refractivity contribution is -0.142. The van der Waals surface area contributed by atoms with E-state index < -0.39 is 0 Å². The van der Waals surface area contributed by atoms with E-state index in [2.05, 4.69) is 4.74 Å². The molecule has 1 aromatic carbocycles. The minimum absolute atomic E-state index is 0.234. The summed E-state index contributed by atoms with van der Waals surface area (Å²) in [5.74, 6) is 0.438. The minimum atomic E-state index is -0.297. The van der Waals surface area contributed by atoms with E-state index in [0.29, 0.717) is 17.9 Å². The van der Waals surface area contributed by atoms with Crippen molar-refractivity contribution in [3.63, 3.8) is 0 Å². The molecule has 0 saturated heterocycles. The summed E-state index contributed by atoms with van der Waals surface area (Å²) in [5, 5.41) is 0. The molecule has 4 nitrogen and oxygen atoms in total. The van der Waals surface area contributed by atoms with Gasteiger partial charge in [0.05, 0.1) is 26.6 Å². The van der Waals surface area contributed by atoms with Crippen LogP contribution in [0.5, 0.6) is 0 Å². The second kappa shape index (κ2) is 8.58. The molecule has 0 saturated carbocycles. The monoisotopic (exact) mass is 282 g/mol. The number of carbonyl (C=O) groups excluding carboxylic acids is 2. The molecule has 0 amide bonds. The summed E-state index contributed by atoms with van der Waals surface area (Å²) in [6.45, 7) is 0. The molecule has 0 spiro atoms. The van der Waals surface area contributed by atoms with E-state index in [0.717, 1.165) is 5.56 Å². The zero-order valence-corrected chi connectivity index (χ0v) is 11.9. The van der Waals surface area contributed by atoms with Crippen molar-refractivity contribution in [2.75, 3.05) is 25.7 Å². The Morgan fingerprint density at radius 3 is 2.42 bits per heavy atom. The van der Waals surface area contributed by atoms with Crippen molar-refractivity contribution in [1.82, 2.24) is 0 Å². The number of esters is 2. The lowest BCUT2D eigenvalue weighted by Crippen LogP contribution is -2.17. The number of hydrogen-bond donors (Lipinski definition) is 0. The highest BCUT2D eigenvalue weighted by atomic mass is 32.2. The summed E-state index contributed by atoms with van der Waals surface area (Å²) in [5.41, 5.74) is 0.930. The molecule has 1 atom stereocenters. The Morgan fingerprint density at radius 1 is 1.16 bits per heavy atom. The molecule has 0 aliphatic carbocycles. The van der Waals surface area contributed by atoms with E-state index in [-0.39, 0.29) is 17.9 Å². The highest BCUT2D eigenvalue weighted by Gasteiger charge is 2.21. The molecule has 0 fully saturated rings. The summed E-state index contributed by atoms with van der Waals surface area (Å²) in [4.78, 5) is 22.8. The van der Waals surface area contributed by atoms with Crippen molar-refractivity contribution < 1.29 is 19.1 Å². The van der Waals surface area contributed by atoms with Crippen LogP contribution in [0.15, 0.2) is 30.3 Å². The van der Waals surface area contributed by atoms with Gasteiger partial charge in [-0.25, -0.2) is 0 Å². The zero-order chi connectivity index (χ0) is 14.1. The van der Waals surface area contributed by atoms with Crippen LogP contribution in [-0.4, -0.2) is 37.7 Å². The van der Waals surface area contributed by atoms with Gasteiger partial charge >= 0.3 is 11.9 Å². The third kappa shape index (κ3) is 5.34. The Balaban J connectivity index is 2.52. The molecule has 1 rings (SSSR count). The molecule has 0 aliphatic rings. The van der Waals surface area contributed by atoms with Gasteiger partial charge in [0.1, 0.15) is 0 Å². The molecule has 104 valence electrons. The maximum absolute atomic E-state index is 11.8. The minimum Gasteiger partial charge on any atom is -0.469 e. The average Bonchev–Trinajstić information content (AvgIpc) is 2.47. The number of ether oxygens (including phenoxy) is 2. The van der Waals surface area contributed by atoms with E-state index in [1.54, 1.807) is 11.8 Å². The van der Waals surface area contributed by atoms with Crippen molar-refractivity contribution in [3.05, 3.63) is 35.9 Å². The van der Waals surface area contributed by atoms with Crippen molar-refractivity contribution in [2.45, 2.75) is 12.3 Å². The van der Waals surface area contributed by atoms with Crippen LogP contribution in [-0.2, 0) is 19.1 Å². The van der Waals surface area contributed by atoms with Gasteiger partial charge in [-0.05, 0) is 5.56 Å². The molecule has 5 heteroatoms. The molecule has 0 bridgehead atoms. The van der Waals surface area contributed by atoms with Crippen LogP contribution in [0.25, 0.3) is 0 Å². The summed E-state index contributed by atoms with van der Waals surface area (Å²) in [6.07, 6.45) is 0.351. The average molecular weight is 282 g/mol. The summed E-state index contributed by atoms with van der Waals surface area (Å²) in [6, 6.07) is 9.50. The van der Waals surface area contributed by atoms with Crippen molar-refractivity contribution in [1.29, 1.82) is 0 Å². The Hall–Kier alpha value is -1.49. The normalized spacial score (nSPS) is 11.7. The predicted octanol–water partition coefficient (Wildman–Crippen LogP) is 2.24. The second-order valence-electron chi connectivity index (χ2n) is 3.89. The molecule has 0 radical (unpaired) electrons. The van der Waals surface area contributed by atoms with E-state index >= 15 is 0 Å². The Bertz CT molecular complexity index is 405. The second-order valence-corrected chi connectivity index (χ2v) is 5.04. The SMILES string of the molecule is COC(=O)CCSCC(C(=O)OC)c1ccccc1. The molecular formula is C14H18O4S. The van der Waals surface area contributed by atoms with Gasteiger partial charge in [0.25, 0.3) is 0 Å². The topological polar surface area (TPSA) is 52.6 Å². The molecule has 19 heavy (non-hydrogen) atoms. The van der Waals surface area contributed by atoms with Crippen molar-refractivity contribution in [3.8, 4) is 0 Å². The van der Waals surface area contributed by atoms with Crippen LogP contribution < -0.4 is 0 Å². The number of rotatable bonds is 7. The molecule has 1 unspecified atom stereocenters. The maximum Gasteiger partial charge on any atom is 0.313 e. The first-order valence-corrected chi connectivity index (χ1v) is 7.11. The maximum atomic E-state index is 11.8.